The van der Waals surface area contributed by atoms with Crippen LogP contribution in [0.4, 0.5) is 10.1 Å². The zero-order valence-electron chi connectivity index (χ0n) is 20.1. The summed E-state index contributed by atoms with van der Waals surface area (Å²) in [5, 5.41) is 4.12. The number of rotatable bonds is 5. The summed E-state index contributed by atoms with van der Waals surface area (Å²) >= 11 is 0. The molecule has 7 heteroatoms. The fraction of sp³-hybridized carbons (Fsp3) is 0.241. The number of carbonyl (C=O) groups excluding carboxylic acids is 2. The largest absolute Gasteiger partial charge is 0.354 e. The minimum atomic E-state index is -0.288. The Kier molecular flexibility index (Phi) is 5.48. The highest BCUT2D eigenvalue weighted by molar-refractivity contribution is 6.02. The number of benzene rings is 3. The van der Waals surface area contributed by atoms with Crippen LogP contribution in [0, 0.1) is 5.82 Å². The zero-order valence-corrected chi connectivity index (χ0v) is 20.1. The van der Waals surface area contributed by atoms with Crippen molar-refractivity contribution in [2.45, 2.75) is 25.6 Å². The van der Waals surface area contributed by atoms with Gasteiger partial charge in [0.15, 0.2) is 0 Å². The predicted octanol–water partition coefficient (Wildman–Crippen LogP) is 4.29. The summed E-state index contributed by atoms with van der Waals surface area (Å²) in [6.07, 6.45) is 1.00. The van der Waals surface area contributed by atoms with Gasteiger partial charge in [-0.2, -0.15) is 0 Å². The first-order chi connectivity index (χ1) is 17.5. The average molecular weight is 483 g/mol. The van der Waals surface area contributed by atoms with Gasteiger partial charge in [0.05, 0.1) is 16.9 Å². The summed E-state index contributed by atoms with van der Waals surface area (Å²) in [5.74, 6) is -0.366. The van der Waals surface area contributed by atoms with Crippen molar-refractivity contribution in [3.8, 4) is 0 Å². The van der Waals surface area contributed by atoms with E-state index in [1.54, 1.807) is 6.07 Å². The van der Waals surface area contributed by atoms with Crippen molar-refractivity contribution in [2.75, 3.05) is 25.0 Å². The van der Waals surface area contributed by atoms with Crippen molar-refractivity contribution in [1.82, 2.24) is 14.8 Å². The Morgan fingerprint density at radius 2 is 1.86 bits per heavy atom. The number of hydrogen-bond acceptors (Lipinski definition) is 3. The van der Waals surface area contributed by atoms with E-state index in [2.05, 4.69) is 20.9 Å². The number of fused-ring (bicyclic) bond motifs is 6. The van der Waals surface area contributed by atoms with Gasteiger partial charge in [-0.1, -0.05) is 42.5 Å². The SMILES string of the molecule is CN1c2ccccc2C(=O)N2CCc3c(n(CC(=O)NCCc4cccc(F)c4)c4ccccc34)[C@@H]21. The van der Waals surface area contributed by atoms with Crippen molar-refractivity contribution >= 4 is 28.4 Å². The monoisotopic (exact) mass is 482 g/mol. The number of aromatic nitrogens is 1. The summed E-state index contributed by atoms with van der Waals surface area (Å²) < 4.78 is 15.5. The van der Waals surface area contributed by atoms with E-state index in [-0.39, 0.29) is 30.3 Å². The van der Waals surface area contributed by atoms with Crippen LogP contribution in [0.2, 0.25) is 0 Å². The molecule has 0 fully saturated rings. The van der Waals surface area contributed by atoms with Gasteiger partial charge in [0, 0.05) is 31.0 Å². The van der Waals surface area contributed by atoms with Crippen LogP contribution < -0.4 is 10.2 Å². The maximum Gasteiger partial charge on any atom is 0.257 e. The number of amides is 2. The number of hydrogen-bond donors (Lipinski definition) is 1. The molecule has 36 heavy (non-hydrogen) atoms. The Morgan fingerprint density at radius 1 is 1.06 bits per heavy atom. The molecule has 6 nitrogen and oxygen atoms in total. The molecule has 0 saturated heterocycles. The van der Waals surface area contributed by atoms with Gasteiger partial charge in [-0.25, -0.2) is 4.39 Å². The van der Waals surface area contributed by atoms with Gasteiger partial charge >= 0.3 is 0 Å². The van der Waals surface area contributed by atoms with Crippen LogP contribution in [0.15, 0.2) is 72.8 Å². The molecule has 3 heterocycles. The first kappa shape index (κ1) is 22.3. The second-order valence-electron chi connectivity index (χ2n) is 9.45. The standard InChI is InChI=1S/C29H27FN4O2/c1-32-24-11-4-3-10-23(24)29(36)33-16-14-22-21-9-2-5-12-25(21)34(27(22)28(32)33)18-26(35)31-15-13-19-7-6-8-20(30)17-19/h2-12,17,28H,13-16,18H2,1H3,(H,31,35)/t28-/m1/s1. The van der Waals surface area contributed by atoms with Crippen molar-refractivity contribution in [3.63, 3.8) is 0 Å². The number of anilines is 1. The van der Waals surface area contributed by atoms with Crippen LogP contribution in [0.1, 0.15) is 33.3 Å². The van der Waals surface area contributed by atoms with Crippen LogP contribution >= 0.6 is 0 Å². The Bertz CT molecular complexity index is 1490. The Labute approximate surface area is 208 Å². The van der Waals surface area contributed by atoms with Crippen molar-refractivity contribution in [1.29, 1.82) is 0 Å². The van der Waals surface area contributed by atoms with Crippen molar-refractivity contribution in [2.24, 2.45) is 0 Å². The fourth-order valence-electron chi connectivity index (χ4n) is 5.72. The van der Waals surface area contributed by atoms with Crippen LogP contribution in [-0.2, 0) is 24.2 Å². The van der Waals surface area contributed by atoms with E-state index in [0.29, 0.717) is 25.1 Å². The number of carbonyl (C=O) groups is 2. The second-order valence-corrected chi connectivity index (χ2v) is 9.45. The minimum Gasteiger partial charge on any atom is -0.354 e. The van der Waals surface area contributed by atoms with E-state index in [1.807, 2.05) is 60.5 Å². The first-order valence-electron chi connectivity index (χ1n) is 12.3. The molecule has 0 bridgehead atoms. The molecule has 1 atom stereocenters. The molecule has 0 unspecified atom stereocenters. The lowest BCUT2D eigenvalue weighted by molar-refractivity contribution is -0.121. The summed E-state index contributed by atoms with van der Waals surface area (Å²) in [6, 6.07) is 22.3. The lowest BCUT2D eigenvalue weighted by Crippen LogP contribution is -2.51. The highest BCUT2D eigenvalue weighted by Crippen LogP contribution is 2.44. The highest BCUT2D eigenvalue weighted by Gasteiger charge is 2.42. The molecule has 182 valence electrons. The highest BCUT2D eigenvalue weighted by atomic mass is 19.1. The first-order valence-corrected chi connectivity index (χ1v) is 12.3. The molecule has 0 aliphatic carbocycles. The van der Waals surface area contributed by atoms with Gasteiger partial charge in [-0.05, 0) is 54.3 Å². The molecule has 0 radical (unpaired) electrons. The van der Waals surface area contributed by atoms with Gasteiger partial charge in [-0.15, -0.1) is 0 Å². The quantitative estimate of drug-likeness (QED) is 0.462. The zero-order chi connectivity index (χ0) is 24.8. The van der Waals surface area contributed by atoms with Gasteiger partial charge < -0.3 is 19.7 Å². The lowest BCUT2D eigenvalue weighted by Gasteiger charge is -2.46. The average Bonchev–Trinajstić information content (AvgIpc) is 3.20. The minimum absolute atomic E-state index is 0.0238. The third-order valence-electron chi connectivity index (χ3n) is 7.33. The van der Waals surface area contributed by atoms with Crippen LogP contribution in [-0.4, -0.2) is 41.4 Å². The van der Waals surface area contributed by atoms with Gasteiger partial charge in [0.25, 0.3) is 5.91 Å². The molecule has 3 aromatic carbocycles. The normalized spacial score (nSPS) is 16.5. The molecule has 0 saturated carbocycles. The molecular formula is C29H27FN4O2. The third-order valence-corrected chi connectivity index (χ3v) is 7.33. The van der Waals surface area contributed by atoms with Crippen LogP contribution in [0.25, 0.3) is 10.9 Å². The summed E-state index contributed by atoms with van der Waals surface area (Å²) in [6.45, 7) is 1.20. The van der Waals surface area contributed by atoms with Crippen molar-refractivity contribution in [3.05, 3.63) is 101 Å². The molecular weight excluding hydrogens is 455 g/mol. The van der Waals surface area contributed by atoms with Gasteiger partial charge in [-0.3, -0.25) is 9.59 Å². The van der Waals surface area contributed by atoms with E-state index in [4.69, 9.17) is 0 Å². The van der Waals surface area contributed by atoms with E-state index in [9.17, 15) is 14.0 Å². The maximum atomic E-state index is 13.5. The fourth-order valence-corrected chi connectivity index (χ4v) is 5.72. The van der Waals surface area contributed by atoms with Gasteiger partial charge in [0.2, 0.25) is 5.91 Å². The molecule has 2 aliphatic rings. The molecule has 0 spiro atoms. The van der Waals surface area contributed by atoms with Crippen LogP contribution in [0.5, 0.6) is 0 Å². The Hall–Kier alpha value is -4.13. The maximum absolute atomic E-state index is 13.5. The second kappa shape index (κ2) is 8.82. The molecule has 6 rings (SSSR count). The molecule has 4 aromatic rings. The van der Waals surface area contributed by atoms with E-state index < -0.39 is 0 Å². The smallest absolute Gasteiger partial charge is 0.257 e. The third kappa shape index (κ3) is 3.63. The number of halogens is 1. The van der Waals surface area contributed by atoms with E-state index >= 15 is 0 Å². The number of para-hydroxylation sites is 2. The van der Waals surface area contributed by atoms with Crippen molar-refractivity contribution < 1.29 is 14.0 Å². The Balaban J connectivity index is 1.33. The number of nitrogens with zero attached hydrogens (tertiary/aromatic N) is 3. The Morgan fingerprint density at radius 3 is 2.72 bits per heavy atom. The molecule has 1 N–H and O–H groups in total. The molecule has 1 aromatic heterocycles. The summed E-state index contributed by atoms with van der Waals surface area (Å²) in [4.78, 5) is 30.6. The topological polar surface area (TPSA) is 57.6 Å². The van der Waals surface area contributed by atoms with Crippen LogP contribution in [0.3, 0.4) is 0 Å². The number of nitrogens with one attached hydrogen (secondary N) is 1. The lowest BCUT2D eigenvalue weighted by atomic mass is 9.96. The molecule has 2 aliphatic heterocycles. The van der Waals surface area contributed by atoms with E-state index in [1.165, 1.54) is 17.7 Å². The predicted molar refractivity (Wildman–Crippen MR) is 137 cm³/mol. The summed E-state index contributed by atoms with van der Waals surface area (Å²) in [5.41, 5.74) is 5.62. The molecule has 2 amide bonds. The van der Waals surface area contributed by atoms with E-state index in [0.717, 1.165) is 34.3 Å². The summed E-state index contributed by atoms with van der Waals surface area (Å²) in [7, 11) is 2.01. The van der Waals surface area contributed by atoms with Gasteiger partial charge in [0.1, 0.15) is 18.5 Å².